The van der Waals surface area contributed by atoms with Gasteiger partial charge >= 0.3 is 0 Å². The van der Waals surface area contributed by atoms with Crippen molar-refractivity contribution < 1.29 is 0 Å². The summed E-state index contributed by atoms with van der Waals surface area (Å²) in [6.45, 7) is 4.27. The van der Waals surface area contributed by atoms with Gasteiger partial charge in [-0.1, -0.05) is 193 Å². The fraction of sp³-hybridized carbons (Fsp3) is 0.0606. The molecule has 10 rings (SSSR count). The summed E-state index contributed by atoms with van der Waals surface area (Å²) in [7, 11) is 0. The molecule has 9 aromatic carbocycles. The van der Waals surface area contributed by atoms with E-state index in [1.54, 1.807) is 0 Å². The molecule has 68 heavy (non-hydrogen) atoms. The van der Waals surface area contributed by atoms with Crippen LogP contribution < -0.4 is 9.80 Å². The van der Waals surface area contributed by atoms with Gasteiger partial charge in [-0.15, -0.1) is 0 Å². The Hall–Kier alpha value is -8.46. The standard InChI is InChI=1S/C66H54N2/c1-49-23-35-59(36-24-49)67(61-39-27-51(28-40-61)47-65(55-15-7-3-8-16-55)56-17-9-4-10-18-56)63-43-31-53(32-44-63)54-33-45-64(46-34-54)68(60-37-25-50(2)26-38-60)62-41-29-52(30-42-62)48-66(57-19-11-5-12-20-57)58-21-13-6-14-22-58/h3-5,7-13,15-48H,6,14H2,1-2H3/b66-48-. The van der Waals surface area contributed by atoms with Gasteiger partial charge in [0, 0.05) is 34.1 Å². The zero-order valence-electron chi connectivity index (χ0n) is 38.7. The molecule has 0 radical (unpaired) electrons. The lowest BCUT2D eigenvalue weighted by Gasteiger charge is -2.26. The Kier molecular flexibility index (Phi) is 13.0. The van der Waals surface area contributed by atoms with Crippen LogP contribution in [0.1, 0.15) is 51.8 Å². The maximum Gasteiger partial charge on any atom is 0.0462 e. The molecule has 0 N–H and O–H groups in total. The summed E-state index contributed by atoms with van der Waals surface area (Å²) in [5, 5.41) is 0. The first kappa shape index (κ1) is 43.4. The first-order chi connectivity index (χ1) is 33.5. The molecule has 0 amide bonds. The Bertz CT molecular complexity index is 3160. The topological polar surface area (TPSA) is 6.48 Å². The van der Waals surface area contributed by atoms with E-state index in [1.807, 2.05) is 0 Å². The van der Waals surface area contributed by atoms with E-state index < -0.39 is 0 Å². The van der Waals surface area contributed by atoms with E-state index in [-0.39, 0.29) is 0 Å². The minimum Gasteiger partial charge on any atom is -0.311 e. The Morgan fingerprint density at radius 3 is 1.01 bits per heavy atom. The number of benzene rings is 9. The van der Waals surface area contributed by atoms with Crippen molar-refractivity contribution in [3.05, 3.63) is 299 Å². The lowest BCUT2D eigenvalue weighted by Crippen LogP contribution is -2.10. The van der Waals surface area contributed by atoms with Crippen LogP contribution in [0.3, 0.4) is 0 Å². The SMILES string of the molecule is Cc1ccc(N(c2ccc(C=C(c3ccccc3)c3ccccc3)cc2)c2ccc(-c3ccc(N(c4ccc(C)cc4)c4ccc(/C=C(\C5=CCCC=C5)c5ccccc5)cc4)cc3)cc2)cc1. The van der Waals surface area contributed by atoms with Gasteiger partial charge in [-0.05, 0) is 167 Å². The van der Waals surface area contributed by atoms with Crippen LogP contribution in [0.4, 0.5) is 34.1 Å². The Morgan fingerprint density at radius 1 is 0.338 bits per heavy atom. The largest absolute Gasteiger partial charge is 0.311 e. The molecule has 0 unspecified atom stereocenters. The van der Waals surface area contributed by atoms with E-state index in [1.165, 1.54) is 50.1 Å². The van der Waals surface area contributed by atoms with E-state index in [0.717, 1.165) is 63.7 Å². The van der Waals surface area contributed by atoms with E-state index >= 15 is 0 Å². The van der Waals surface area contributed by atoms with Crippen LogP contribution >= 0.6 is 0 Å². The summed E-state index contributed by atoms with van der Waals surface area (Å²) in [6.07, 6.45) is 13.7. The van der Waals surface area contributed by atoms with Crippen LogP contribution in [-0.4, -0.2) is 0 Å². The molecule has 1 aliphatic rings. The number of anilines is 6. The average molecular weight is 875 g/mol. The highest BCUT2D eigenvalue weighted by Crippen LogP contribution is 2.39. The number of allylic oxidation sites excluding steroid dienone is 5. The quantitative estimate of drug-likeness (QED) is 0.107. The summed E-state index contributed by atoms with van der Waals surface area (Å²) < 4.78 is 0. The molecule has 9 aromatic rings. The van der Waals surface area contributed by atoms with Crippen LogP contribution in [-0.2, 0) is 0 Å². The molecular weight excluding hydrogens is 821 g/mol. The molecule has 0 bridgehead atoms. The van der Waals surface area contributed by atoms with Crippen LogP contribution in [0, 0.1) is 13.8 Å². The van der Waals surface area contributed by atoms with E-state index in [0.29, 0.717) is 0 Å². The molecule has 2 nitrogen and oxygen atoms in total. The maximum atomic E-state index is 2.36. The van der Waals surface area contributed by atoms with Gasteiger partial charge in [0.15, 0.2) is 0 Å². The van der Waals surface area contributed by atoms with Gasteiger partial charge in [-0.3, -0.25) is 0 Å². The van der Waals surface area contributed by atoms with Crippen LogP contribution in [0.25, 0.3) is 34.4 Å². The van der Waals surface area contributed by atoms with Crippen LogP contribution in [0.5, 0.6) is 0 Å². The Balaban J connectivity index is 0.930. The first-order valence-corrected chi connectivity index (χ1v) is 23.6. The van der Waals surface area contributed by atoms with Gasteiger partial charge in [0.25, 0.3) is 0 Å². The van der Waals surface area contributed by atoms with Crippen molar-refractivity contribution in [1.82, 2.24) is 0 Å². The average Bonchev–Trinajstić information content (AvgIpc) is 3.41. The number of hydrogen-bond donors (Lipinski definition) is 0. The summed E-state index contributed by atoms with van der Waals surface area (Å²) in [4.78, 5) is 4.68. The lowest BCUT2D eigenvalue weighted by atomic mass is 9.92. The zero-order chi connectivity index (χ0) is 46.1. The van der Waals surface area contributed by atoms with Gasteiger partial charge in [-0.2, -0.15) is 0 Å². The molecule has 0 aliphatic heterocycles. The molecular formula is C66H54N2. The molecule has 0 fully saturated rings. The molecule has 0 saturated carbocycles. The molecule has 0 aromatic heterocycles. The van der Waals surface area contributed by atoms with Crippen LogP contribution in [0.2, 0.25) is 0 Å². The fourth-order valence-electron chi connectivity index (χ4n) is 8.99. The third kappa shape index (κ3) is 10.0. The van der Waals surface area contributed by atoms with Gasteiger partial charge in [0.2, 0.25) is 0 Å². The van der Waals surface area contributed by atoms with Crippen molar-refractivity contribution in [1.29, 1.82) is 0 Å². The molecule has 0 atom stereocenters. The Labute approximate surface area is 402 Å². The van der Waals surface area contributed by atoms with Gasteiger partial charge in [0.1, 0.15) is 0 Å². The van der Waals surface area contributed by atoms with Crippen LogP contribution in [0.15, 0.2) is 260 Å². The third-order valence-corrected chi connectivity index (χ3v) is 12.7. The maximum absolute atomic E-state index is 2.36. The summed E-state index contributed by atoms with van der Waals surface area (Å²) in [6, 6.07) is 85.3. The van der Waals surface area contributed by atoms with E-state index in [9.17, 15) is 0 Å². The number of hydrogen-bond acceptors (Lipinski definition) is 2. The second kappa shape index (κ2) is 20.4. The van der Waals surface area contributed by atoms with Crippen molar-refractivity contribution in [2.45, 2.75) is 26.7 Å². The van der Waals surface area contributed by atoms with Gasteiger partial charge in [0.05, 0.1) is 0 Å². The Morgan fingerprint density at radius 2 is 0.662 bits per heavy atom. The minimum absolute atomic E-state index is 1.07. The first-order valence-electron chi connectivity index (χ1n) is 23.6. The highest BCUT2D eigenvalue weighted by Gasteiger charge is 2.16. The predicted octanol–water partition coefficient (Wildman–Crippen LogP) is 18.3. The highest BCUT2D eigenvalue weighted by molar-refractivity contribution is 5.94. The van der Waals surface area contributed by atoms with Gasteiger partial charge < -0.3 is 9.80 Å². The second-order valence-corrected chi connectivity index (χ2v) is 17.5. The number of nitrogens with zero attached hydrogens (tertiary/aromatic N) is 2. The summed E-state index contributed by atoms with van der Waals surface area (Å²) in [5.41, 5.74) is 21.1. The molecule has 0 heterocycles. The smallest absolute Gasteiger partial charge is 0.0462 e. The normalized spacial score (nSPS) is 12.3. The molecule has 0 saturated heterocycles. The lowest BCUT2D eigenvalue weighted by molar-refractivity contribution is 1.03. The number of rotatable bonds is 13. The zero-order valence-corrected chi connectivity index (χ0v) is 38.7. The van der Waals surface area contributed by atoms with E-state index in [2.05, 4.69) is 291 Å². The number of aryl methyl sites for hydroxylation is 2. The second-order valence-electron chi connectivity index (χ2n) is 17.5. The van der Waals surface area contributed by atoms with Crippen molar-refractivity contribution in [2.75, 3.05) is 9.80 Å². The summed E-state index contributed by atoms with van der Waals surface area (Å²) in [5.74, 6) is 0. The highest BCUT2D eigenvalue weighted by atomic mass is 15.1. The third-order valence-electron chi connectivity index (χ3n) is 12.7. The molecule has 328 valence electrons. The van der Waals surface area contributed by atoms with Crippen molar-refractivity contribution in [2.24, 2.45) is 0 Å². The fourth-order valence-corrected chi connectivity index (χ4v) is 8.99. The van der Waals surface area contributed by atoms with Crippen molar-refractivity contribution in [3.63, 3.8) is 0 Å². The van der Waals surface area contributed by atoms with Gasteiger partial charge in [-0.25, -0.2) is 0 Å². The summed E-state index contributed by atoms with van der Waals surface area (Å²) >= 11 is 0. The monoisotopic (exact) mass is 874 g/mol. The predicted molar refractivity (Wildman–Crippen MR) is 291 cm³/mol. The van der Waals surface area contributed by atoms with E-state index in [4.69, 9.17) is 0 Å². The van der Waals surface area contributed by atoms with Crippen molar-refractivity contribution >= 4 is 57.4 Å². The molecule has 0 spiro atoms. The molecule has 2 heteroatoms. The molecule has 1 aliphatic carbocycles. The minimum atomic E-state index is 1.07. The van der Waals surface area contributed by atoms with Crippen molar-refractivity contribution in [3.8, 4) is 11.1 Å².